The van der Waals surface area contributed by atoms with Gasteiger partial charge in [-0.25, -0.2) is 4.79 Å². The first kappa shape index (κ1) is 12.6. The summed E-state index contributed by atoms with van der Waals surface area (Å²) in [4.78, 5) is 18.5. The zero-order valence-electron chi connectivity index (χ0n) is 11.7. The van der Waals surface area contributed by atoms with Crippen LogP contribution in [0.4, 0.5) is 0 Å². The first-order valence-electron chi connectivity index (χ1n) is 6.76. The highest BCUT2D eigenvalue weighted by molar-refractivity contribution is 6.08. The van der Waals surface area contributed by atoms with E-state index in [0.29, 0.717) is 0 Å². The Balaban J connectivity index is 1.96. The van der Waals surface area contributed by atoms with Crippen LogP contribution in [0, 0.1) is 0 Å². The number of carbonyl (C=O) groups is 1. The molecule has 0 fully saturated rings. The fourth-order valence-electron chi connectivity index (χ4n) is 2.75. The van der Waals surface area contributed by atoms with Crippen molar-refractivity contribution in [2.75, 3.05) is 0 Å². The lowest BCUT2D eigenvalue weighted by atomic mass is 10.1. The van der Waals surface area contributed by atoms with Crippen LogP contribution < -0.4 is 0 Å². The highest BCUT2D eigenvalue weighted by Crippen LogP contribution is 2.29. The molecule has 0 aliphatic heterocycles. The summed E-state index contributed by atoms with van der Waals surface area (Å²) in [6.07, 6.45) is 3.55. The third-order valence-electron chi connectivity index (χ3n) is 3.79. The van der Waals surface area contributed by atoms with Gasteiger partial charge in [-0.2, -0.15) is 5.10 Å². The molecular weight excluding hydrogens is 280 g/mol. The van der Waals surface area contributed by atoms with Gasteiger partial charge >= 0.3 is 5.97 Å². The molecule has 3 heterocycles. The molecule has 0 atom stereocenters. The molecule has 0 saturated carbocycles. The molecule has 6 heteroatoms. The van der Waals surface area contributed by atoms with E-state index in [0.717, 1.165) is 33.1 Å². The molecule has 0 unspecified atom stereocenters. The molecular formula is C16H12N4O2. The predicted molar refractivity (Wildman–Crippen MR) is 82.8 cm³/mol. The molecule has 1 aromatic carbocycles. The SMILES string of the molecule is Cn1nc(C(=O)O)cc1-c1ccc2[nH]c3cnccc3c2c1. The molecule has 3 aromatic heterocycles. The number of aromatic nitrogens is 4. The van der Waals surface area contributed by atoms with E-state index in [-0.39, 0.29) is 5.69 Å². The first-order chi connectivity index (χ1) is 10.6. The van der Waals surface area contributed by atoms with Gasteiger partial charge < -0.3 is 10.1 Å². The van der Waals surface area contributed by atoms with Crippen molar-refractivity contribution in [2.24, 2.45) is 7.05 Å². The quantitative estimate of drug-likeness (QED) is 0.595. The zero-order valence-corrected chi connectivity index (χ0v) is 11.7. The zero-order chi connectivity index (χ0) is 15.3. The van der Waals surface area contributed by atoms with Gasteiger partial charge in [-0.15, -0.1) is 0 Å². The smallest absolute Gasteiger partial charge is 0.356 e. The number of aryl methyl sites for hydroxylation is 1. The van der Waals surface area contributed by atoms with Crippen LogP contribution in [0.1, 0.15) is 10.5 Å². The number of aromatic carboxylic acids is 1. The van der Waals surface area contributed by atoms with Gasteiger partial charge in [0.2, 0.25) is 0 Å². The maximum atomic E-state index is 11.1. The summed E-state index contributed by atoms with van der Waals surface area (Å²) in [6, 6.07) is 9.52. The number of fused-ring (bicyclic) bond motifs is 3. The Labute approximate surface area is 125 Å². The number of pyridine rings is 1. The van der Waals surface area contributed by atoms with Crippen LogP contribution in [-0.4, -0.2) is 30.8 Å². The van der Waals surface area contributed by atoms with E-state index in [1.807, 2.05) is 24.3 Å². The number of nitrogens with one attached hydrogen (secondary N) is 1. The van der Waals surface area contributed by atoms with Crippen molar-refractivity contribution < 1.29 is 9.90 Å². The van der Waals surface area contributed by atoms with E-state index < -0.39 is 5.97 Å². The highest BCUT2D eigenvalue weighted by Gasteiger charge is 2.13. The van der Waals surface area contributed by atoms with E-state index in [9.17, 15) is 4.79 Å². The number of rotatable bonds is 2. The largest absolute Gasteiger partial charge is 0.476 e. The second-order valence-electron chi connectivity index (χ2n) is 5.15. The van der Waals surface area contributed by atoms with Crippen molar-refractivity contribution in [2.45, 2.75) is 0 Å². The molecule has 0 amide bonds. The second kappa shape index (κ2) is 4.42. The van der Waals surface area contributed by atoms with Crippen LogP contribution >= 0.6 is 0 Å². The maximum absolute atomic E-state index is 11.1. The van der Waals surface area contributed by atoms with Gasteiger partial charge in [-0.05, 0) is 24.3 Å². The predicted octanol–water partition coefficient (Wildman–Crippen LogP) is 2.81. The molecule has 0 aliphatic rings. The third kappa shape index (κ3) is 1.77. The molecule has 22 heavy (non-hydrogen) atoms. The van der Waals surface area contributed by atoms with Crippen molar-refractivity contribution >= 4 is 27.8 Å². The lowest BCUT2D eigenvalue weighted by Gasteiger charge is -2.02. The molecule has 2 N–H and O–H groups in total. The summed E-state index contributed by atoms with van der Waals surface area (Å²) in [5, 5.41) is 15.2. The Morgan fingerprint density at radius 2 is 2.05 bits per heavy atom. The first-order valence-corrected chi connectivity index (χ1v) is 6.76. The normalized spacial score (nSPS) is 11.3. The van der Waals surface area contributed by atoms with E-state index in [4.69, 9.17) is 5.11 Å². The third-order valence-corrected chi connectivity index (χ3v) is 3.79. The Bertz CT molecular complexity index is 1030. The van der Waals surface area contributed by atoms with Crippen LogP contribution in [0.5, 0.6) is 0 Å². The maximum Gasteiger partial charge on any atom is 0.356 e. The molecule has 4 rings (SSSR count). The molecule has 0 aliphatic carbocycles. The van der Waals surface area contributed by atoms with E-state index in [2.05, 4.69) is 15.1 Å². The number of carboxylic acid groups (broad SMARTS) is 1. The van der Waals surface area contributed by atoms with E-state index in [1.165, 1.54) is 0 Å². The molecule has 0 spiro atoms. The molecule has 0 radical (unpaired) electrons. The fraction of sp³-hybridized carbons (Fsp3) is 0.0625. The van der Waals surface area contributed by atoms with Crippen LogP contribution in [-0.2, 0) is 7.05 Å². The van der Waals surface area contributed by atoms with Crippen LogP contribution in [0.25, 0.3) is 33.1 Å². The Morgan fingerprint density at radius 3 is 2.82 bits per heavy atom. The average molecular weight is 292 g/mol. The summed E-state index contributed by atoms with van der Waals surface area (Å²) < 4.78 is 1.58. The van der Waals surface area contributed by atoms with Crippen LogP contribution in [0.3, 0.4) is 0 Å². The van der Waals surface area contributed by atoms with Gasteiger partial charge in [0.15, 0.2) is 5.69 Å². The molecule has 0 saturated heterocycles. The summed E-state index contributed by atoms with van der Waals surface area (Å²) in [6.45, 7) is 0. The van der Waals surface area contributed by atoms with Gasteiger partial charge in [-0.3, -0.25) is 9.67 Å². The summed E-state index contributed by atoms with van der Waals surface area (Å²) >= 11 is 0. The minimum atomic E-state index is -1.03. The van der Waals surface area contributed by atoms with Gasteiger partial charge in [0.1, 0.15) is 0 Å². The van der Waals surface area contributed by atoms with Crippen molar-refractivity contribution in [1.29, 1.82) is 0 Å². The molecule has 6 nitrogen and oxygen atoms in total. The molecule has 0 bridgehead atoms. The monoisotopic (exact) mass is 292 g/mol. The summed E-state index contributed by atoms with van der Waals surface area (Å²) in [5.74, 6) is -1.03. The van der Waals surface area contributed by atoms with Crippen molar-refractivity contribution in [1.82, 2.24) is 19.7 Å². The minimum Gasteiger partial charge on any atom is -0.476 e. The van der Waals surface area contributed by atoms with Crippen molar-refractivity contribution in [3.8, 4) is 11.3 Å². The van der Waals surface area contributed by atoms with Crippen molar-refractivity contribution in [3.63, 3.8) is 0 Å². The number of benzene rings is 1. The highest BCUT2D eigenvalue weighted by atomic mass is 16.4. The number of H-pyrrole nitrogens is 1. The molecule has 4 aromatic rings. The van der Waals surface area contributed by atoms with Gasteiger partial charge in [0.05, 0.1) is 17.4 Å². The Hall–Kier alpha value is -3.15. The standard InChI is InChI=1S/C16H12N4O2/c1-20-15(7-13(19-20)16(21)22)9-2-3-12-11(6-9)10-4-5-17-8-14(10)18-12/h2-8,18H,1H3,(H,21,22). The van der Waals surface area contributed by atoms with Gasteiger partial charge in [-0.1, -0.05) is 6.07 Å². The van der Waals surface area contributed by atoms with E-state index >= 15 is 0 Å². The van der Waals surface area contributed by atoms with Gasteiger partial charge in [0, 0.05) is 35.1 Å². The minimum absolute atomic E-state index is 0.0423. The Morgan fingerprint density at radius 1 is 1.18 bits per heavy atom. The summed E-state index contributed by atoms with van der Waals surface area (Å²) in [7, 11) is 1.74. The summed E-state index contributed by atoms with van der Waals surface area (Å²) in [5.41, 5.74) is 3.73. The second-order valence-corrected chi connectivity index (χ2v) is 5.15. The average Bonchev–Trinajstić information content (AvgIpc) is 3.07. The number of aromatic amines is 1. The number of carboxylic acids is 1. The van der Waals surface area contributed by atoms with E-state index in [1.54, 1.807) is 30.2 Å². The number of nitrogens with zero attached hydrogens (tertiary/aromatic N) is 3. The lowest BCUT2D eigenvalue weighted by molar-refractivity contribution is 0.0689. The topological polar surface area (TPSA) is 83.8 Å². The molecule has 108 valence electrons. The van der Waals surface area contributed by atoms with Gasteiger partial charge in [0.25, 0.3) is 0 Å². The number of hydrogen-bond donors (Lipinski definition) is 2. The van der Waals surface area contributed by atoms with Crippen LogP contribution in [0.2, 0.25) is 0 Å². The Kier molecular flexibility index (Phi) is 2.53. The fourth-order valence-corrected chi connectivity index (χ4v) is 2.75. The van der Waals surface area contributed by atoms with Crippen molar-refractivity contribution in [3.05, 3.63) is 48.4 Å². The van der Waals surface area contributed by atoms with Crippen LogP contribution in [0.15, 0.2) is 42.7 Å². The number of hydrogen-bond acceptors (Lipinski definition) is 3. The lowest BCUT2D eigenvalue weighted by Crippen LogP contribution is -1.99.